The minimum Gasteiger partial charge on any atom is -0.481 e. The Morgan fingerprint density at radius 1 is 1.12 bits per heavy atom. The van der Waals surface area contributed by atoms with E-state index in [0.717, 1.165) is 11.0 Å². The summed E-state index contributed by atoms with van der Waals surface area (Å²) in [4.78, 5) is 24.3. The molecule has 1 aromatic heterocycles. The van der Waals surface area contributed by atoms with Gasteiger partial charge in [0.1, 0.15) is 5.75 Å². The van der Waals surface area contributed by atoms with Gasteiger partial charge in [0.05, 0.1) is 11.0 Å². The summed E-state index contributed by atoms with van der Waals surface area (Å²) in [5.41, 5.74) is 2.03. The fourth-order valence-electron chi connectivity index (χ4n) is 2.63. The maximum Gasteiger partial charge on any atom is 0.328 e. The molecule has 7 heteroatoms. The van der Waals surface area contributed by atoms with Gasteiger partial charge in [-0.3, -0.25) is 13.9 Å². The monoisotopic (exact) mass is 359 g/mol. The summed E-state index contributed by atoms with van der Waals surface area (Å²) in [5.74, 6) is 0.233. The lowest BCUT2D eigenvalue weighted by Gasteiger charge is -2.15. The first-order valence-corrected chi connectivity index (χ1v) is 8.13. The first kappa shape index (κ1) is 17.1. The SMILES string of the molecule is C[C@@H](Oc1cccc(Cl)c1)C(=O)Nc1ccc2c(c1)n(C)c(=O)n2C. The van der Waals surface area contributed by atoms with Gasteiger partial charge in [-0.05, 0) is 43.3 Å². The number of nitrogens with zero attached hydrogens (tertiary/aromatic N) is 2. The van der Waals surface area contributed by atoms with Crippen LogP contribution in [0.25, 0.3) is 11.0 Å². The number of carbonyl (C=O) groups is 1. The number of aryl methyl sites for hydroxylation is 2. The summed E-state index contributed by atoms with van der Waals surface area (Å²) >= 11 is 5.91. The van der Waals surface area contributed by atoms with Gasteiger partial charge in [0.25, 0.3) is 5.91 Å². The molecule has 2 aromatic carbocycles. The van der Waals surface area contributed by atoms with Crippen molar-refractivity contribution < 1.29 is 9.53 Å². The van der Waals surface area contributed by atoms with Crippen LogP contribution in [0.2, 0.25) is 5.02 Å². The molecule has 6 nitrogen and oxygen atoms in total. The highest BCUT2D eigenvalue weighted by Crippen LogP contribution is 2.20. The third-order valence-electron chi connectivity index (χ3n) is 4.02. The van der Waals surface area contributed by atoms with Crippen LogP contribution in [0, 0.1) is 0 Å². The number of rotatable bonds is 4. The molecule has 1 N–H and O–H groups in total. The molecule has 1 atom stereocenters. The molecule has 0 radical (unpaired) electrons. The molecule has 0 spiro atoms. The summed E-state index contributed by atoms with van der Waals surface area (Å²) in [5, 5.41) is 3.35. The molecule has 3 rings (SSSR count). The number of ether oxygens (including phenoxy) is 1. The standard InChI is InChI=1S/C18H18ClN3O3/c1-11(25-14-6-4-5-12(19)9-14)17(23)20-13-7-8-15-16(10-13)22(3)18(24)21(15)2/h4-11H,1-3H3,(H,20,23)/t11-/m1/s1. The molecule has 1 amide bonds. The fraction of sp³-hybridized carbons (Fsp3) is 0.222. The molecular weight excluding hydrogens is 342 g/mol. The average Bonchev–Trinajstić information content (AvgIpc) is 2.79. The molecule has 0 saturated carbocycles. The first-order chi connectivity index (χ1) is 11.9. The number of nitrogens with one attached hydrogen (secondary N) is 1. The Morgan fingerprint density at radius 2 is 1.84 bits per heavy atom. The van der Waals surface area contributed by atoms with E-state index in [2.05, 4.69) is 5.32 Å². The van der Waals surface area contributed by atoms with Crippen molar-refractivity contribution in [3.63, 3.8) is 0 Å². The third kappa shape index (κ3) is 3.39. The van der Waals surface area contributed by atoms with Gasteiger partial charge in [-0.1, -0.05) is 17.7 Å². The number of halogens is 1. The molecule has 0 aliphatic carbocycles. The van der Waals surface area contributed by atoms with Gasteiger partial charge in [-0.2, -0.15) is 0 Å². The zero-order chi connectivity index (χ0) is 18.1. The van der Waals surface area contributed by atoms with Crippen molar-refractivity contribution in [3.05, 3.63) is 58.0 Å². The number of carbonyl (C=O) groups excluding carboxylic acids is 1. The van der Waals surface area contributed by atoms with Gasteiger partial charge in [-0.15, -0.1) is 0 Å². The van der Waals surface area contributed by atoms with E-state index in [1.165, 1.54) is 4.57 Å². The smallest absolute Gasteiger partial charge is 0.328 e. The minimum absolute atomic E-state index is 0.115. The van der Waals surface area contributed by atoms with Crippen LogP contribution in [-0.2, 0) is 18.9 Å². The van der Waals surface area contributed by atoms with E-state index in [1.54, 1.807) is 68.1 Å². The van der Waals surface area contributed by atoms with E-state index < -0.39 is 6.10 Å². The molecule has 1 heterocycles. The molecule has 0 aliphatic heterocycles. The second kappa shape index (κ2) is 6.64. The molecule has 0 aliphatic rings. The molecule has 0 bridgehead atoms. The van der Waals surface area contributed by atoms with Gasteiger partial charge in [0.15, 0.2) is 6.10 Å². The first-order valence-electron chi connectivity index (χ1n) is 7.75. The molecule has 130 valence electrons. The Kier molecular flexibility index (Phi) is 4.55. The van der Waals surface area contributed by atoms with Crippen molar-refractivity contribution in [3.8, 4) is 5.75 Å². The zero-order valence-corrected chi connectivity index (χ0v) is 14.9. The Labute approximate surface area is 149 Å². The molecular formula is C18H18ClN3O3. The van der Waals surface area contributed by atoms with E-state index in [0.29, 0.717) is 16.5 Å². The van der Waals surface area contributed by atoms with Crippen LogP contribution < -0.4 is 15.7 Å². The summed E-state index contributed by atoms with van der Waals surface area (Å²) in [6.07, 6.45) is -0.700. The third-order valence-corrected chi connectivity index (χ3v) is 4.25. The van der Waals surface area contributed by atoms with Crippen molar-refractivity contribution >= 4 is 34.2 Å². The summed E-state index contributed by atoms with van der Waals surface area (Å²) in [6, 6.07) is 12.2. The number of anilines is 1. The van der Waals surface area contributed by atoms with Crippen LogP contribution >= 0.6 is 11.6 Å². The van der Waals surface area contributed by atoms with Gasteiger partial charge in [-0.25, -0.2) is 4.79 Å². The van der Waals surface area contributed by atoms with Crippen LogP contribution in [0.4, 0.5) is 5.69 Å². The van der Waals surface area contributed by atoms with Crippen LogP contribution in [0.1, 0.15) is 6.92 Å². The van der Waals surface area contributed by atoms with Crippen molar-refractivity contribution in [1.29, 1.82) is 0 Å². The summed E-state index contributed by atoms with van der Waals surface area (Å²) < 4.78 is 8.71. The van der Waals surface area contributed by atoms with Crippen LogP contribution in [0.3, 0.4) is 0 Å². The molecule has 3 aromatic rings. The van der Waals surface area contributed by atoms with E-state index in [4.69, 9.17) is 16.3 Å². The van der Waals surface area contributed by atoms with Crippen molar-refractivity contribution in [2.24, 2.45) is 14.1 Å². The van der Waals surface area contributed by atoms with E-state index >= 15 is 0 Å². The quantitative estimate of drug-likeness (QED) is 0.779. The van der Waals surface area contributed by atoms with E-state index in [-0.39, 0.29) is 11.6 Å². The Morgan fingerprint density at radius 3 is 2.56 bits per heavy atom. The summed E-state index contributed by atoms with van der Waals surface area (Å²) in [7, 11) is 3.41. The molecule has 0 saturated heterocycles. The predicted molar refractivity (Wildman–Crippen MR) is 98.3 cm³/mol. The lowest BCUT2D eigenvalue weighted by atomic mass is 10.2. The number of hydrogen-bond acceptors (Lipinski definition) is 3. The largest absolute Gasteiger partial charge is 0.481 e. The molecule has 0 unspecified atom stereocenters. The lowest BCUT2D eigenvalue weighted by Crippen LogP contribution is -2.30. The molecule has 0 fully saturated rings. The maximum absolute atomic E-state index is 12.4. The highest BCUT2D eigenvalue weighted by Gasteiger charge is 2.16. The Balaban J connectivity index is 1.77. The average molecular weight is 360 g/mol. The fourth-order valence-corrected chi connectivity index (χ4v) is 2.81. The van der Waals surface area contributed by atoms with E-state index in [9.17, 15) is 9.59 Å². The van der Waals surface area contributed by atoms with Crippen LogP contribution in [0.5, 0.6) is 5.75 Å². The Bertz CT molecular complexity index is 1010. The van der Waals surface area contributed by atoms with Crippen molar-refractivity contribution in [2.45, 2.75) is 13.0 Å². The van der Waals surface area contributed by atoms with Gasteiger partial charge < -0.3 is 10.1 Å². The number of fused-ring (bicyclic) bond motifs is 1. The Hall–Kier alpha value is -2.73. The van der Waals surface area contributed by atoms with Crippen molar-refractivity contribution in [2.75, 3.05) is 5.32 Å². The lowest BCUT2D eigenvalue weighted by molar-refractivity contribution is -0.122. The number of hydrogen-bond donors (Lipinski definition) is 1. The van der Waals surface area contributed by atoms with Gasteiger partial charge >= 0.3 is 5.69 Å². The number of aromatic nitrogens is 2. The van der Waals surface area contributed by atoms with Gasteiger partial charge in [0, 0.05) is 24.8 Å². The highest BCUT2D eigenvalue weighted by molar-refractivity contribution is 6.30. The van der Waals surface area contributed by atoms with Crippen molar-refractivity contribution in [1.82, 2.24) is 9.13 Å². The second-order valence-corrected chi connectivity index (χ2v) is 6.25. The highest BCUT2D eigenvalue weighted by atomic mass is 35.5. The second-order valence-electron chi connectivity index (χ2n) is 5.81. The number of benzene rings is 2. The topological polar surface area (TPSA) is 65.3 Å². The maximum atomic E-state index is 12.4. The predicted octanol–water partition coefficient (Wildman–Crippen LogP) is 2.94. The molecule has 25 heavy (non-hydrogen) atoms. The number of amides is 1. The number of imidazole rings is 1. The van der Waals surface area contributed by atoms with Crippen LogP contribution in [0.15, 0.2) is 47.3 Å². The summed E-state index contributed by atoms with van der Waals surface area (Å²) in [6.45, 7) is 1.66. The van der Waals surface area contributed by atoms with E-state index in [1.807, 2.05) is 0 Å². The normalized spacial score (nSPS) is 12.2. The van der Waals surface area contributed by atoms with Gasteiger partial charge in [0.2, 0.25) is 0 Å². The minimum atomic E-state index is -0.700. The zero-order valence-electron chi connectivity index (χ0n) is 14.1. The van der Waals surface area contributed by atoms with Crippen LogP contribution in [-0.4, -0.2) is 21.1 Å².